The van der Waals surface area contributed by atoms with Gasteiger partial charge in [0.15, 0.2) is 5.78 Å². The van der Waals surface area contributed by atoms with Crippen LogP contribution in [0.2, 0.25) is 0 Å². The summed E-state index contributed by atoms with van der Waals surface area (Å²) in [5, 5.41) is 14.8. The smallest absolute Gasteiger partial charge is 0.414 e. The van der Waals surface area contributed by atoms with Crippen molar-refractivity contribution in [3.05, 3.63) is 70.5 Å². The number of Topliss-reactive ketones (excluding diaryl/α,β-unsaturated/α-hetero) is 1. The summed E-state index contributed by atoms with van der Waals surface area (Å²) in [6.45, 7) is -4.02. The molecule has 0 fully saturated rings. The quantitative estimate of drug-likeness (QED) is 0.528. The third-order valence-electron chi connectivity index (χ3n) is 4.82. The lowest BCUT2D eigenvalue weighted by molar-refractivity contribution is -0.159. The van der Waals surface area contributed by atoms with Gasteiger partial charge in [-0.2, -0.15) is 0 Å². The Balaban J connectivity index is 0.000000717. The molecule has 0 bridgehead atoms. The molecule has 0 amide bonds. The molecular weight excluding hydrogens is 405 g/mol. The van der Waals surface area contributed by atoms with Gasteiger partial charge in [0.1, 0.15) is 11.4 Å². The number of ether oxygens (including phenoxy) is 1. The Labute approximate surface area is 188 Å². The molecule has 1 atom stereocenters. The average Bonchev–Trinajstić information content (AvgIpc) is 3.14. The van der Waals surface area contributed by atoms with Gasteiger partial charge in [-0.15, -0.1) is 0 Å². The number of nitrogens with zero attached hydrogens (tertiary/aromatic N) is 1. The molecule has 3 rings (SSSR count). The van der Waals surface area contributed by atoms with Crippen LogP contribution in [-0.4, -0.2) is 53.3 Å². The zero-order valence-electron chi connectivity index (χ0n) is 22.7. The molecule has 1 aliphatic rings. The standard InChI is InChI=1S/C21H24FNO2.C2H2O4/c1-15(24)16-5-10-20-17(13-16)14-25-21(20,11-4-12-23(2)3)18-6-8-19(22)9-7-18;3-1(4)2(5)6/h5-10,13H,4,11-12,14H2,1-3H3;(H,3,4)(H,5,6)/i2D3,3D3;. The van der Waals surface area contributed by atoms with Crippen molar-refractivity contribution in [1.82, 2.24) is 4.90 Å². The highest BCUT2D eigenvalue weighted by Gasteiger charge is 2.41. The first-order chi connectivity index (χ1) is 17.0. The van der Waals surface area contributed by atoms with Gasteiger partial charge in [0.25, 0.3) is 0 Å². The van der Waals surface area contributed by atoms with Crippen molar-refractivity contribution in [3.8, 4) is 0 Å². The predicted octanol–water partition coefficient (Wildman–Crippen LogP) is 3.30. The van der Waals surface area contributed by atoms with Gasteiger partial charge < -0.3 is 19.8 Å². The van der Waals surface area contributed by atoms with Gasteiger partial charge in [0.05, 0.1) is 6.61 Å². The number of benzene rings is 2. The number of carbonyl (C=O) groups excluding carboxylic acids is 1. The lowest BCUT2D eigenvalue weighted by atomic mass is 9.81. The van der Waals surface area contributed by atoms with Gasteiger partial charge >= 0.3 is 11.9 Å². The maximum atomic E-state index is 13.5. The molecule has 166 valence electrons. The number of carbonyl (C=O) groups is 3. The molecule has 2 aromatic carbocycles. The van der Waals surface area contributed by atoms with Gasteiger partial charge in [-0.25, -0.2) is 14.0 Å². The Kier molecular flexibility index (Phi) is 5.50. The highest BCUT2D eigenvalue weighted by molar-refractivity contribution is 6.27. The summed E-state index contributed by atoms with van der Waals surface area (Å²) in [6, 6.07) is 11.1. The number of ketones is 1. The molecule has 1 unspecified atom stereocenters. The van der Waals surface area contributed by atoms with Gasteiger partial charge in [-0.05, 0) is 75.2 Å². The summed E-state index contributed by atoms with van der Waals surface area (Å²) in [5.41, 5.74) is 1.86. The van der Waals surface area contributed by atoms with E-state index >= 15 is 0 Å². The second kappa shape index (κ2) is 10.3. The minimum Gasteiger partial charge on any atom is -0.473 e. The van der Waals surface area contributed by atoms with E-state index in [0.29, 0.717) is 16.0 Å². The first kappa shape index (κ1) is 16.6. The summed E-state index contributed by atoms with van der Waals surface area (Å²) < 4.78 is 65.0. The van der Waals surface area contributed by atoms with Crippen LogP contribution in [0.3, 0.4) is 0 Å². The van der Waals surface area contributed by atoms with E-state index < -0.39 is 37.3 Å². The predicted molar refractivity (Wildman–Crippen MR) is 111 cm³/mol. The van der Waals surface area contributed by atoms with Crippen molar-refractivity contribution in [2.24, 2.45) is 0 Å². The summed E-state index contributed by atoms with van der Waals surface area (Å²) in [7, 11) is 0. The summed E-state index contributed by atoms with van der Waals surface area (Å²) in [6.07, 6.45) is 0.496. The van der Waals surface area contributed by atoms with Crippen LogP contribution in [0.25, 0.3) is 0 Å². The fourth-order valence-electron chi connectivity index (χ4n) is 3.40. The fourth-order valence-corrected chi connectivity index (χ4v) is 3.40. The number of carboxylic acids is 2. The normalized spacial score (nSPS) is 20.6. The fraction of sp³-hybridized carbons (Fsp3) is 0.348. The number of fused-ring (bicyclic) bond motifs is 1. The Morgan fingerprint density at radius 1 is 1.13 bits per heavy atom. The van der Waals surface area contributed by atoms with E-state index in [1.54, 1.807) is 30.3 Å². The van der Waals surface area contributed by atoms with Gasteiger partial charge in [-0.1, -0.05) is 24.3 Å². The Morgan fingerprint density at radius 3 is 2.32 bits per heavy atom. The Bertz CT molecular complexity index is 1130. The maximum absolute atomic E-state index is 13.5. The van der Waals surface area contributed by atoms with Crippen molar-refractivity contribution in [1.29, 1.82) is 0 Å². The first-order valence-corrected chi connectivity index (χ1v) is 9.27. The molecule has 0 saturated heterocycles. The maximum Gasteiger partial charge on any atom is 0.414 e. The third-order valence-corrected chi connectivity index (χ3v) is 4.82. The van der Waals surface area contributed by atoms with Gasteiger partial charge in [-0.3, -0.25) is 4.79 Å². The average molecular weight is 437 g/mol. The lowest BCUT2D eigenvalue weighted by Gasteiger charge is -2.31. The largest absolute Gasteiger partial charge is 0.473 e. The molecule has 31 heavy (non-hydrogen) atoms. The number of aliphatic carboxylic acids is 2. The number of halogens is 1. The van der Waals surface area contributed by atoms with E-state index in [1.165, 1.54) is 19.1 Å². The van der Waals surface area contributed by atoms with E-state index in [1.807, 2.05) is 0 Å². The minimum atomic E-state index is -2.76. The van der Waals surface area contributed by atoms with Crippen LogP contribution < -0.4 is 0 Å². The summed E-state index contributed by atoms with van der Waals surface area (Å²) >= 11 is 0. The monoisotopic (exact) mass is 437 g/mol. The van der Waals surface area contributed by atoms with Crippen LogP contribution in [0, 0.1) is 5.82 Å². The Hall–Kier alpha value is -3.10. The second-order valence-electron chi connectivity index (χ2n) is 6.92. The first-order valence-electron chi connectivity index (χ1n) is 12.3. The zero-order chi connectivity index (χ0) is 28.2. The van der Waals surface area contributed by atoms with Gasteiger partial charge in [0, 0.05) is 13.8 Å². The number of hydrogen-bond acceptors (Lipinski definition) is 5. The molecule has 0 saturated carbocycles. The highest BCUT2D eigenvalue weighted by Crippen LogP contribution is 2.45. The van der Waals surface area contributed by atoms with Crippen LogP contribution in [0.1, 0.15) is 55.0 Å². The summed E-state index contributed by atoms with van der Waals surface area (Å²) in [5.74, 6) is -4.13. The topological polar surface area (TPSA) is 104 Å². The second-order valence-corrected chi connectivity index (χ2v) is 6.92. The SMILES string of the molecule is O=C(O)C(=O)O.[2H]C([2H])([2H])N(CCCC1(c2ccc(F)cc2)OCc2cc(C(C)=O)ccc21)C([2H])([2H])[2H]. The van der Waals surface area contributed by atoms with E-state index in [-0.39, 0.29) is 31.8 Å². The van der Waals surface area contributed by atoms with Crippen LogP contribution in [0.15, 0.2) is 42.5 Å². The lowest BCUT2D eigenvalue weighted by Crippen LogP contribution is -2.28. The summed E-state index contributed by atoms with van der Waals surface area (Å²) in [4.78, 5) is 30.5. The molecule has 0 spiro atoms. The van der Waals surface area contributed by atoms with E-state index in [9.17, 15) is 9.18 Å². The third kappa shape index (κ3) is 5.96. The van der Waals surface area contributed by atoms with Crippen molar-refractivity contribution in [3.63, 3.8) is 0 Å². The van der Waals surface area contributed by atoms with Crippen LogP contribution in [-0.2, 0) is 26.5 Å². The molecule has 1 heterocycles. The molecule has 1 aliphatic heterocycles. The highest BCUT2D eigenvalue weighted by atomic mass is 19.1. The van der Waals surface area contributed by atoms with Gasteiger partial charge in [0.2, 0.25) is 0 Å². The number of hydrogen-bond donors (Lipinski definition) is 2. The molecule has 0 radical (unpaired) electrons. The van der Waals surface area contributed by atoms with Crippen LogP contribution >= 0.6 is 0 Å². The number of rotatable bonds is 6. The van der Waals surface area contributed by atoms with E-state index in [4.69, 9.17) is 32.8 Å². The van der Waals surface area contributed by atoms with Crippen molar-refractivity contribution in [2.45, 2.75) is 32.0 Å². The molecule has 2 aromatic rings. The van der Waals surface area contributed by atoms with Crippen molar-refractivity contribution >= 4 is 17.7 Å². The molecule has 0 aliphatic carbocycles. The minimum absolute atomic E-state index is 0.0759. The number of carboxylic acid groups (broad SMARTS) is 2. The Morgan fingerprint density at radius 2 is 1.77 bits per heavy atom. The van der Waals surface area contributed by atoms with Crippen LogP contribution in [0.4, 0.5) is 4.39 Å². The molecule has 2 N–H and O–H groups in total. The zero-order valence-corrected chi connectivity index (χ0v) is 16.7. The van der Waals surface area contributed by atoms with E-state index in [2.05, 4.69) is 0 Å². The van der Waals surface area contributed by atoms with Crippen LogP contribution in [0.5, 0.6) is 0 Å². The molecule has 8 heteroatoms. The van der Waals surface area contributed by atoms with Crippen molar-refractivity contribution in [2.75, 3.05) is 20.5 Å². The van der Waals surface area contributed by atoms with Crippen molar-refractivity contribution < 1.29 is 41.9 Å². The molecule has 7 nitrogen and oxygen atoms in total. The molecular formula is C23H26FNO6. The van der Waals surface area contributed by atoms with E-state index in [0.717, 1.165) is 11.1 Å². The molecule has 0 aromatic heterocycles.